The van der Waals surface area contributed by atoms with Gasteiger partial charge in [0.2, 0.25) is 5.88 Å². The monoisotopic (exact) mass is 507 g/mol. The number of amides is 1. The number of hydrogen-bond acceptors (Lipinski definition) is 6. The van der Waals surface area contributed by atoms with E-state index >= 15 is 0 Å². The van der Waals surface area contributed by atoms with Crippen molar-refractivity contribution >= 4 is 23.4 Å². The SMILES string of the molecule is CC(=O)c1nn(C(=O)N2CCN(Cc3cccc(Oc4cc(C(F)(F)F)ccn4)c3)CC2)cc1Cl. The van der Waals surface area contributed by atoms with Crippen LogP contribution in [-0.4, -0.2) is 62.6 Å². The molecule has 1 fully saturated rings. The summed E-state index contributed by atoms with van der Waals surface area (Å²) in [6.45, 7) is 4.00. The molecule has 0 saturated carbocycles. The van der Waals surface area contributed by atoms with Gasteiger partial charge in [-0.15, -0.1) is 0 Å². The van der Waals surface area contributed by atoms with E-state index in [2.05, 4.69) is 15.0 Å². The van der Waals surface area contributed by atoms with E-state index in [1.165, 1.54) is 13.1 Å². The Morgan fingerprint density at radius 1 is 1.11 bits per heavy atom. The Balaban J connectivity index is 1.34. The van der Waals surface area contributed by atoms with Crippen LogP contribution in [0.5, 0.6) is 11.6 Å². The molecule has 2 aromatic heterocycles. The highest BCUT2D eigenvalue weighted by Gasteiger charge is 2.31. The molecule has 8 nitrogen and oxygen atoms in total. The van der Waals surface area contributed by atoms with Crippen LogP contribution in [0.3, 0.4) is 0 Å². The topological polar surface area (TPSA) is 80.6 Å². The van der Waals surface area contributed by atoms with Gasteiger partial charge in [0.05, 0.1) is 16.8 Å². The first-order valence-electron chi connectivity index (χ1n) is 10.7. The summed E-state index contributed by atoms with van der Waals surface area (Å²) in [6.07, 6.45) is -2.09. The van der Waals surface area contributed by atoms with Gasteiger partial charge < -0.3 is 9.64 Å². The van der Waals surface area contributed by atoms with Crippen molar-refractivity contribution < 1.29 is 27.5 Å². The summed E-state index contributed by atoms with van der Waals surface area (Å²) in [5, 5.41) is 4.11. The molecule has 0 atom stereocenters. The lowest BCUT2D eigenvalue weighted by atomic mass is 10.2. The molecule has 0 aliphatic carbocycles. The van der Waals surface area contributed by atoms with E-state index in [0.29, 0.717) is 38.5 Å². The maximum Gasteiger partial charge on any atom is 0.416 e. The normalized spacial score (nSPS) is 14.7. The zero-order chi connectivity index (χ0) is 25.2. The number of alkyl halides is 3. The number of ether oxygens (including phenoxy) is 1. The zero-order valence-electron chi connectivity index (χ0n) is 18.6. The van der Waals surface area contributed by atoms with Crippen molar-refractivity contribution in [3.05, 3.63) is 70.6 Å². The molecule has 3 aromatic rings. The minimum Gasteiger partial charge on any atom is -0.439 e. The van der Waals surface area contributed by atoms with Crippen molar-refractivity contribution in [2.24, 2.45) is 0 Å². The molecular formula is C23H21ClF3N5O3. The minimum absolute atomic E-state index is 0.0566. The lowest BCUT2D eigenvalue weighted by Crippen LogP contribution is -2.49. The van der Waals surface area contributed by atoms with Gasteiger partial charge in [0.25, 0.3) is 0 Å². The Hall–Kier alpha value is -3.44. The van der Waals surface area contributed by atoms with Gasteiger partial charge in [0, 0.05) is 51.9 Å². The fraction of sp³-hybridized carbons (Fsp3) is 0.304. The molecule has 12 heteroatoms. The highest BCUT2D eigenvalue weighted by atomic mass is 35.5. The third-order valence-electron chi connectivity index (χ3n) is 5.43. The molecule has 0 unspecified atom stereocenters. The van der Waals surface area contributed by atoms with Gasteiger partial charge in [-0.2, -0.15) is 23.0 Å². The van der Waals surface area contributed by atoms with Crippen LogP contribution in [0.4, 0.5) is 18.0 Å². The van der Waals surface area contributed by atoms with Crippen molar-refractivity contribution in [2.75, 3.05) is 26.2 Å². The van der Waals surface area contributed by atoms with E-state index < -0.39 is 11.7 Å². The molecule has 1 aliphatic rings. The van der Waals surface area contributed by atoms with Gasteiger partial charge in [-0.3, -0.25) is 9.69 Å². The van der Waals surface area contributed by atoms with E-state index in [4.69, 9.17) is 16.3 Å². The first-order chi connectivity index (χ1) is 16.6. The van der Waals surface area contributed by atoms with Crippen molar-refractivity contribution in [3.8, 4) is 11.6 Å². The van der Waals surface area contributed by atoms with Crippen LogP contribution in [0.25, 0.3) is 0 Å². The predicted octanol–water partition coefficient (Wildman–Crippen LogP) is 4.73. The van der Waals surface area contributed by atoms with Gasteiger partial charge in [-0.1, -0.05) is 23.7 Å². The van der Waals surface area contributed by atoms with E-state index in [9.17, 15) is 22.8 Å². The molecule has 0 N–H and O–H groups in total. The number of carbonyl (C=O) groups excluding carboxylic acids is 2. The van der Waals surface area contributed by atoms with Crippen LogP contribution in [-0.2, 0) is 12.7 Å². The number of carbonyl (C=O) groups is 2. The summed E-state index contributed by atoms with van der Waals surface area (Å²) in [4.78, 5) is 31.9. The molecule has 1 aromatic carbocycles. The first-order valence-corrected chi connectivity index (χ1v) is 11.1. The van der Waals surface area contributed by atoms with E-state index in [1.54, 1.807) is 23.1 Å². The number of halogens is 4. The molecule has 0 radical (unpaired) electrons. The number of pyridine rings is 1. The zero-order valence-corrected chi connectivity index (χ0v) is 19.4. The van der Waals surface area contributed by atoms with Crippen molar-refractivity contribution in [1.29, 1.82) is 0 Å². The molecular weight excluding hydrogens is 487 g/mol. The summed E-state index contributed by atoms with van der Waals surface area (Å²) in [7, 11) is 0. The van der Waals surface area contributed by atoms with Gasteiger partial charge >= 0.3 is 12.2 Å². The molecule has 0 spiro atoms. The highest BCUT2D eigenvalue weighted by Crippen LogP contribution is 2.31. The maximum absolute atomic E-state index is 12.9. The quantitative estimate of drug-likeness (QED) is 0.464. The second kappa shape index (κ2) is 10.0. The van der Waals surface area contributed by atoms with E-state index in [-0.39, 0.29) is 28.4 Å². The number of Topliss-reactive ketones (excluding diaryl/α,β-unsaturated/α-hetero) is 1. The average molecular weight is 508 g/mol. The fourth-order valence-corrected chi connectivity index (χ4v) is 3.92. The van der Waals surface area contributed by atoms with Crippen LogP contribution in [0.15, 0.2) is 48.8 Å². The average Bonchev–Trinajstić information content (AvgIpc) is 3.21. The maximum atomic E-state index is 12.9. The molecule has 0 bridgehead atoms. The summed E-state index contributed by atoms with van der Waals surface area (Å²) < 4.78 is 45.4. The number of ketones is 1. The van der Waals surface area contributed by atoms with Crippen molar-refractivity contribution in [1.82, 2.24) is 24.6 Å². The number of rotatable bonds is 5. The fourth-order valence-electron chi connectivity index (χ4n) is 3.66. The molecule has 3 heterocycles. The Labute approximate surface area is 203 Å². The van der Waals surface area contributed by atoms with Crippen molar-refractivity contribution in [3.63, 3.8) is 0 Å². The second-order valence-electron chi connectivity index (χ2n) is 8.00. The Morgan fingerprint density at radius 2 is 1.86 bits per heavy atom. The highest BCUT2D eigenvalue weighted by molar-refractivity contribution is 6.33. The number of nitrogens with zero attached hydrogens (tertiary/aromatic N) is 5. The van der Waals surface area contributed by atoms with Crippen LogP contribution >= 0.6 is 11.6 Å². The third kappa shape index (κ3) is 5.98. The molecule has 184 valence electrons. The lowest BCUT2D eigenvalue weighted by Gasteiger charge is -2.34. The molecule has 1 aliphatic heterocycles. The smallest absolute Gasteiger partial charge is 0.416 e. The van der Waals surface area contributed by atoms with E-state index in [1.807, 2.05) is 6.07 Å². The van der Waals surface area contributed by atoms with Gasteiger partial charge in [0.15, 0.2) is 5.78 Å². The summed E-state index contributed by atoms with van der Waals surface area (Å²) in [5.74, 6) is -0.0860. The summed E-state index contributed by atoms with van der Waals surface area (Å²) in [6, 6.07) is 8.42. The molecule has 1 amide bonds. The van der Waals surface area contributed by atoms with E-state index in [0.717, 1.165) is 28.6 Å². The van der Waals surface area contributed by atoms with Crippen LogP contribution in [0, 0.1) is 0 Å². The standard InChI is InChI=1S/C23H21ClF3N5O3/c1-15(33)21-19(24)14-32(29-21)22(34)31-9-7-30(8-10-31)13-16-3-2-4-18(11-16)35-20-12-17(5-6-28-20)23(25,26)27/h2-6,11-12,14H,7-10,13H2,1H3. The number of piperazine rings is 1. The molecule has 35 heavy (non-hydrogen) atoms. The van der Waals surface area contributed by atoms with Crippen LogP contribution < -0.4 is 4.74 Å². The third-order valence-corrected chi connectivity index (χ3v) is 5.71. The Kier molecular flexibility index (Phi) is 7.08. The van der Waals surface area contributed by atoms with Crippen molar-refractivity contribution in [2.45, 2.75) is 19.6 Å². The first kappa shape index (κ1) is 24.7. The molecule has 4 rings (SSSR count). The number of aromatic nitrogens is 3. The van der Waals surface area contributed by atoms with Crippen LogP contribution in [0.1, 0.15) is 28.5 Å². The second-order valence-corrected chi connectivity index (χ2v) is 8.41. The Morgan fingerprint density at radius 3 is 2.51 bits per heavy atom. The molecule has 1 saturated heterocycles. The largest absolute Gasteiger partial charge is 0.439 e. The summed E-state index contributed by atoms with van der Waals surface area (Å²) in [5.41, 5.74) is 0.126. The van der Waals surface area contributed by atoms with Gasteiger partial charge in [-0.25, -0.2) is 9.78 Å². The number of hydrogen-bond donors (Lipinski definition) is 0. The lowest BCUT2D eigenvalue weighted by molar-refractivity contribution is -0.137. The van der Waals surface area contributed by atoms with Gasteiger partial charge in [-0.05, 0) is 23.8 Å². The Bertz CT molecular complexity index is 1240. The predicted molar refractivity (Wildman–Crippen MR) is 121 cm³/mol. The van der Waals surface area contributed by atoms with Gasteiger partial charge in [0.1, 0.15) is 11.4 Å². The number of benzene rings is 1. The summed E-state index contributed by atoms with van der Waals surface area (Å²) >= 11 is 5.98. The van der Waals surface area contributed by atoms with Crippen LogP contribution in [0.2, 0.25) is 5.02 Å². The minimum atomic E-state index is -4.48.